The van der Waals surface area contributed by atoms with E-state index >= 15 is 0 Å². The molecule has 0 unspecified atom stereocenters. The number of anilines is 1. The smallest absolute Gasteiger partial charge is 0.226 e. The maximum Gasteiger partial charge on any atom is 0.226 e. The quantitative estimate of drug-likeness (QED) is 0.660. The predicted molar refractivity (Wildman–Crippen MR) is 107 cm³/mol. The molecular formula is C18H24ClN3O3S. The molecule has 0 saturated carbocycles. The number of carbonyl (C=O) groups excluding carboxylic acids is 1. The van der Waals surface area contributed by atoms with Crippen LogP contribution in [0.1, 0.15) is 32.1 Å². The lowest BCUT2D eigenvalue weighted by atomic mass is 10.1. The van der Waals surface area contributed by atoms with Gasteiger partial charge < -0.3 is 20.5 Å². The van der Waals surface area contributed by atoms with Gasteiger partial charge in [0.1, 0.15) is 13.2 Å². The molecule has 1 aliphatic rings. The number of hydrogen-bond acceptors (Lipinski definition) is 6. The number of nitrogens with two attached hydrogens (primary N) is 1. The number of amides is 1. The zero-order chi connectivity index (χ0) is 17.5. The number of halogens is 1. The van der Waals surface area contributed by atoms with E-state index in [0.29, 0.717) is 31.3 Å². The third-order valence-corrected chi connectivity index (χ3v) is 4.70. The maximum absolute atomic E-state index is 12.0. The standard InChI is InChI=1S/C18H23N3O3S.ClH/c19-8-4-2-1-3-5-17(22)21-18-20-14(12-25-18)13-6-7-15-16(11-13)24-10-9-23-15;/h6-7,11-12H,1-5,8-10,19H2,(H,20,21,22);1H. The largest absolute Gasteiger partial charge is 0.486 e. The van der Waals surface area contributed by atoms with Crippen LogP contribution in [0.5, 0.6) is 11.5 Å². The molecule has 1 aromatic heterocycles. The summed E-state index contributed by atoms with van der Waals surface area (Å²) in [6, 6.07) is 5.76. The third-order valence-electron chi connectivity index (χ3n) is 3.95. The lowest BCUT2D eigenvalue weighted by Gasteiger charge is -2.18. The Morgan fingerprint density at radius 1 is 1.15 bits per heavy atom. The number of benzene rings is 1. The first kappa shape index (κ1) is 20.5. The number of carbonyl (C=O) groups is 1. The van der Waals surface area contributed by atoms with Crippen LogP contribution < -0.4 is 20.5 Å². The SMILES string of the molecule is Cl.NCCCCCCC(=O)Nc1nc(-c2ccc3c(c2)OCCO3)cs1. The summed E-state index contributed by atoms with van der Waals surface area (Å²) < 4.78 is 11.1. The molecule has 142 valence electrons. The van der Waals surface area contributed by atoms with Crippen LogP contribution in [0.2, 0.25) is 0 Å². The highest BCUT2D eigenvalue weighted by atomic mass is 35.5. The fraction of sp³-hybridized carbons (Fsp3) is 0.444. The van der Waals surface area contributed by atoms with E-state index in [0.717, 1.165) is 48.4 Å². The van der Waals surface area contributed by atoms with Gasteiger partial charge in [0.05, 0.1) is 5.69 Å². The summed E-state index contributed by atoms with van der Waals surface area (Å²) in [5.74, 6) is 1.50. The van der Waals surface area contributed by atoms with Crippen molar-refractivity contribution in [1.29, 1.82) is 0 Å². The second-order valence-corrected chi connectivity index (χ2v) is 6.76. The lowest BCUT2D eigenvalue weighted by molar-refractivity contribution is -0.116. The molecule has 0 saturated heterocycles. The van der Waals surface area contributed by atoms with Crippen molar-refractivity contribution < 1.29 is 14.3 Å². The predicted octanol–water partition coefficient (Wildman–Crippen LogP) is 3.85. The Balaban J connectivity index is 0.00000243. The van der Waals surface area contributed by atoms with Crippen molar-refractivity contribution in [2.45, 2.75) is 32.1 Å². The number of thiazole rings is 1. The van der Waals surface area contributed by atoms with E-state index in [1.165, 1.54) is 11.3 Å². The normalized spacial score (nSPS) is 12.3. The van der Waals surface area contributed by atoms with Gasteiger partial charge in [0.15, 0.2) is 16.6 Å². The monoisotopic (exact) mass is 397 g/mol. The molecule has 0 bridgehead atoms. The van der Waals surface area contributed by atoms with Crippen LogP contribution >= 0.6 is 23.7 Å². The topological polar surface area (TPSA) is 86.5 Å². The van der Waals surface area contributed by atoms with Crippen molar-refractivity contribution in [1.82, 2.24) is 4.98 Å². The number of ether oxygens (including phenoxy) is 2. The van der Waals surface area contributed by atoms with Crippen molar-refractivity contribution in [2.75, 3.05) is 25.1 Å². The number of aromatic nitrogens is 1. The summed E-state index contributed by atoms with van der Waals surface area (Å²) >= 11 is 1.43. The van der Waals surface area contributed by atoms with Crippen molar-refractivity contribution in [2.24, 2.45) is 5.73 Å². The van der Waals surface area contributed by atoms with Crippen molar-refractivity contribution in [3.8, 4) is 22.8 Å². The van der Waals surface area contributed by atoms with Gasteiger partial charge in [0, 0.05) is 17.4 Å². The van der Waals surface area contributed by atoms with E-state index in [4.69, 9.17) is 15.2 Å². The van der Waals surface area contributed by atoms with Crippen molar-refractivity contribution >= 4 is 34.8 Å². The van der Waals surface area contributed by atoms with Crippen molar-refractivity contribution in [3.05, 3.63) is 23.6 Å². The maximum atomic E-state index is 12.0. The second-order valence-electron chi connectivity index (χ2n) is 5.90. The number of unbranched alkanes of at least 4 members (excludes halogenated alkanes) is 3. The van der Waals surface area contributed by atoms with Gasteiger partial charge in [0.2, 0.25) is 5.91 Å². The Hall–Kier alpha value is -1.83. The highest BCUT2D eigenvalue weighted by Gasteiger charge is 2.14. The molecule has 0 fully saturated rings. The molecule has 1 aliphatic heterocycles. The average molecular weight is 398 g/mol. The Labute approximate surface area is 163 Å². The molecule has 3 N–H and O–H groups in total. The number of rotatable bonds is 8. The number of nitrogens with one attached hydrogen (secondary N) is 1. The minimum absolute atomic E-state index is 0. The molecular weight excluding hydrogens is 374 g/mol. The second kappa shape index (κ2) is 10.4. The van der Waals surface area contributed by atoms with Crippen LogP contribution in [0, 0.1) is 0 Å². The zero-order valence-corrected chi connectivity index (χ0v) is 16.2. The summed E-state index contributed by atoms with van der Waals surface area (Å²) in [5.41, 5.74) is 7.23. The molecule has 0 spiro atoms. The van der Waals surface area contributed by atoms with E-state index < -0.39 is 0 Å². The Morgan fingerprint density at radius 2 is 1.92 bits per heavy atom. The fourth-order valence-electron chi connectivity index (χ4n) is 2.63. The Bertz CT molecular complexity index is 723. The summed E-state index contributed by atoms with van der Waals surface area (Å²) in [6.07, 6.45) is 4.53. The molecule has 2 aromatic rings. The highest BCUT2D eigenvalue weighted by molar-refractivity contribution is 7.14. The van der Waals surface area contributed by atoms with Crippen LogP contribution in [0.15, 0.2) is 23.6 Å². The fourth-order valence-corrected chi connectivity index (χ4v) is 3.37. The van der Waals surface area contributed by atoms with Crippen LogP contribution in [0.25, 0.3) is 11.3 Å². The first-order valence-electron chi connectivity index (χ1n) is 8.62. The minimum Gasteiger partial charge on any atom is -0.486 e. The summed E-state index contributed by atoms with van der Waals surface area (Å²) in [6.45, 7) is 1.85. The van der Waals surface area contributed by atoms with E-state index in [-0.39, 0.29) is 18.3 Å². The van der Waals surface area contributed by atoms with Crippen LogP contribution in [0.4, 0.5) is 5.13 Å². The molecule has 0 aliphatic carbocycles. The molecule has 1 amide bonds. The first-order valence-corrected chi connectivity index (χ1v) is 9.49. The van der Waals surface area contributed by atoms with Crippen LogP contribution in [-0.4, -0.2) is 30.6 Å². The third kappa shape index (κ3) is 5.59. The van der Waals surface area contributed by atoms with Gasteiger partial charge in [-0.25, -0.2) is 4.98 Å². The van der Waals surface area contributed by atoms with Gasteiger partial charge >= 0.3 is 0 Å². The van der Waals surface area contributed by atoms with E-state index in [1.807, 2.05) is 23.6 Å². The van der Waals surface area contributed by atoms with Crippen molar-refractivity contribution in [3.63, 3.8) is 0 Å². The zero-order valence-electron chi connectivity index (χ0n) is 14.5. The first-order chi connectivity index (χ1) is 12.3. The molecule has 1 aromatic carbocycles. The molecule has 6 nitrogen and oxygen atoms in total. The van der Waals surface area contributed by atoms with E-state index in [1.54, 1.807) is 0 Å². The lowest BCUT2D eigenvalue weighted by Crippen LogP contribution is -2.15. The average Bonchev–Trinajstić information content (AvgIpc) is 3.09. The summed E-state index contributed by atoms with van der Waals surface area (Å²) in [7, 11) is 0. The van der Waals surface area contributed by atoms with Gasteiger partial charge in [-0.3, -0.25) is 4.79 Å². The highest BCUT2D eigenvalue weighted by Crippen LogP contribution is 2.35. The number of fused-ring (bicyclic) bond motifs is 1. The van der Waals surface area contributed by atoms with Crippen LogP contribution in [-0.2, 0) is 4.79 Å². The Kier molecular flexibility index (Phi) is 8.15. The van der Waals surface area contributed by atoms with Crippen LogP contribution in [0.3, 0.4) is 0 Å². The molecule has 26 heavy (non-hydrogen) atoms. The van der Waals surface area contributed by atoms with E-state index in [9.17, 15) is 4.79 Å². The Morgan fingerprint density at radius 3 is 2.73 bits per heavy atom. The molecule has 0 radical (unpaired) electrons. The van der Waals surface area contributed by atoms with Gasteiger partial charge in [-0.2, -0.15) is 0 Å². The summed E-state index contributed by atoms with van der Waals surface area (Å²) in [5, 5.41) is 5.43. The van der Waals surface area contributed by atoms with E-state index in [2.05, 4.69) is 10.3 Å². The van der Waals surface area contributed by atoms with Gasteiger partial charge in [0.25, 0.3) is 0 Å². The van der Waals surface area contributed by atoms with Gasteiger partial charge in [-0.15, -0.1) is 23.7 Å². The molecule has 3 rings (SSSR count). The number of hydrogen-bond donors (Lipinski definition) is 2. The molecule has 2 heterocycles. The van der Waals surface area contributed by atoms with Gasteiger partial charge in [-0.1, -0.05) is 12.8 Å². The van der Waals surface area contributed by atoms with Gasteiger partial charge in [-0.05, 0) is 37.6 Å². The molecule has 8 heteroatoms. The minimum atomic E-state index is 0. The number of nitrogens with zero attached hydrogens (tertiary/aromatic N) is 1. The summed E-state index contributed by atoms with van der Waals surface area (Å²) in [4.78, 5) is 16.5. The molecule has 0 atom stereocenters.